The number of methoxy groups -OCH3 is 2. The highest BCUT2D eigenvalue weighted by atomic mass is 35.5. The fourth-order valence-corrected chi connectivity index (χ4v) is 4.53. The maximum atomic E-state index is 13.3. The molecule has 0 aliphatic rings. The minimum Gasteiger partial charge on any atom is -0.497 e. The van der Waals surface area contributed by atoms with E-state index in [4.69, 9.17) is 21.1 Å². The third-order valence-electron chi connectivity index (χ3n) is 4.66. The summed E-state index contributed by atoms with van der Waals surface area (Å²) in [6, 6.07) is 19.8. The normalized spacial score (nSPS) is 11.2. The van der Waals surface area contributed by atoms with Gasteiger partial charge in [-0.15, -0.1) is 0 Å². The number of rotatable bonds is 9. The van der Waals surface area contributed by atoms with Gasteiger partial charge in [-0.3, -0.25) is 4.79 Å². The van der Waals surface area contributed by atoms with Gasteiger partial charge in [-0.25, -0.2) is 8.42 Å². The van der Waals surface area contributed by atoms with Crippen LogP contribution >= 0.6 is 11.6 Å². The van der Waals surface area contributed by atoms with Gasteiger partial charge in [-0.05, 0) is 42.0 Å². The molecule has 0 spiro atoms. The van der Waals surface area contributed by atoms with Crippen molar-refractivity contribution in [3.63, 3.8) is 0 Å². The Morgan fingerprint density at radius 3 is 2.28 bits per heavy atom. The van der Waals surface area contributed by atoms with Gasteiger partial charge in [0.15, 0.2) is 0 Å². The van der Waals surface area contributed by atoms with Gasteiger partial charge in [-0.2, -0.15) is 4.31 Å². The maximum absolute atomic E-state index is 13.3. The van der Waals surface area contributed by atoms with E-state index in [1.165, 1.54) is 38.5 Å². The van der Waals surface area contributed by atoms with Gasteiger partial charge in [0.25, 0.3) is 0 Å². The predicted octanol–water partition coefficient (Wildman–Crippen LogP) is 4.19. The van der Waals surface area contributed by atoms with Crippen LogP contribution in [0.2, 0.25) is 5.02 Å². The van der Waals surface area contributed by atoms with Crippen LogP contribution in [0.3, 0.4) is 0 Å². The quantitative estimate of drug-likeness (QED) is 0.502. The summed E-state index contributed by atoms with van der Waals surface area (Å²) >= 11 is 5.90. The number of halogens is 1. The lowest BCUT2D eigenvalue weighted by atomic mass is 10.2. The Hall–Kier alpha value is -3.07. The SMILES string of the molecule is COc1ccc(NC(=O)CN(Cc2ccccc2)S(=O)(=O)c2ccc(Cl)cc2)c(OC)c1. The number of benzene rings is 3. The van der Waals surface area contributed by atoms with Gasteiger partial charge >= 0.3 is 0 Å². The number of hydrogen-bond acceptors (Lipinski definition) is 5. The van der Waals surface area contributed by atoms with Gasteiger partial charge < -0.3 is 14.8 Å². The molecule has 0 saturated heterocycles. The Bertz CT molecular complexity index is 1170. The third kappa shape index (κ3) is 5.79. The van der Waals surface area contributed by atoms with E-state index in [1.54, 1.807) is 30.3 Å². The summed E-state index contributed by atoms with van der Waals surface area (Å²) in [5.41, 5.74) is 1.15. The number of ether oxygens (including phenoxy) is 2. The van der Waals surface area contributed by atoms with Crippen LogP contribution in [-0.2, 0) is 21.4 Å². The van der Waals surface area contributed by atoms with E-state index in [0.29, 0.717) is 22.2 Å². The van der Waals surface area contributed by atoms with Crippen molar-refractivity contribution in [1.29, 1.82) is 0 Å². The summed E-state index contributed by atoms with van der Waals surface area (Å²) in [6.07, 6.45) is 0. The molecule has 0 saturated carbocycles. The summed E-state index contributed by atoms with van der Waals surface area (Å²) < 4.78 is 38.2. The lowest BCUT2D eigenvalue weighted by Gasteiger charge is -2.22. The largest absolute Gasteiger partial charge is 0.497 e. The number of anilines is 1. The summed E-state index contributed by atoms with van der Waals surface area (Å²) in [5, 5.41) is 3.13. The lowest BCUT2D eigenvalue weighted by Crippen LogP contribution is -2.37. The topological polar surface area (TPSA) is 84.9 Å². The molecule has 168 valence electrons. The van der Waals surface area contributed by atoms with Crippen LogP contribution in [0, 0.1) is 0 Å². The average Bonchev–Trinajstić information content (AvgIpc) is 2.80. The molecule has 0 unspecified atom stereocenters. The van der Waals surface area contributed by atoms with Crippen molar-refractivity contribution >= 4 is 33.2 Å². The van der Waals surface area contributed by atoms with E-state index >= 15 is 0 Å². The third-order valence-corrected chi connectivity index (χ3v) is 6.71. The number of amides is 1. The molecule has 1 amide bonds. The molecular weight excluding hydrogens is 452 g/mol. The van der Waals surface area contributed by atoms with Crippen LogP contribution in [-0.4, -0.2) is 39.4 Å². The van der Waals surface area contributed by atoms with Crippen LogP contribution in [0.25, 0.3) is 0 Å². The number of carbonyl (C=O) groups is 1. The highest BCUT2D eigenvalue weighted by Crippen LogP contribution is 2.29. The van der Waals surface area contributed by atoms with Gasteiger partial charge in [0, 0.05) is 17.6 Å². The molecule has 0 aliphatic heterocycles. The predicted molar refractivity (Wildman–Crippen MR) is 124 cm³/mol. The standard InChI is InChI=1S/C23H23ClN2O5S/c1-30-19-10-13-21(22(14-19)31-2)25-23(27)16-26(15-17-6-4-3-5-7-17)32(28,29)20-11-8-18(24)9-12-20/h3-14H,15-16H2,1-2H3,(H,25,27). The van der Waals surface area contributed by atoms with Crippen molar-refractivity contribution in [1.82, 2.24) is 4.31 Å². The maximum Gasteiger partial charge on any atom is 0.243 e. The van der Waals surface area contributed by atoms with Gasteiger partial charge in [0.1, 0.15) is 11.5 Å². The van der Waals surface area contributed by atoms with E-state index < -0.39 is 22.5 Å². The summed E-state index contributed by atoms with van der Waals surface area (Å²) in [6.45, 7) is -0.367. The molecule has 32 heavy (non-hydrogen) atoms. The number of nitrogens with zero attached hydrogens (tertiary/aromatic N) is 1. The molecule has 0 bridgehead atoms. The Morgan fingerprint density at radius 2 is 1.66 bits per heavy atom. The molecule has 0 aromatic heterocycles. The molecule has 0 atom stereocenters. The molecule has 0 radical (unpaired) electrons. The van der Waals surface area contributed by atoms with Crippen molar-refractivity contribution in [2.75, 3.05) is 26.1 Å². The number of hydrogen-bond donors (Lipinski definition) is 1. The van der Waals surface area contributed by atoms with Crippen LogP contribution in [0.1, 0.15) is 5.56 Å². The van der Waals surface area contributed by atoms with Crippen LogP contribution < -0.4 is 14.8 Å². The first kappa shape index (κ1) is 23.6. The Kier molecular flexibility index (Phi) is 7.74. The van der Waals surface area contributed by atoms with Crippen molar-refractivity contribution in [3.05, 3.63) is 83.4 Å². The monoisotopic (exact) mass is 474 g/mol. The van der Waals surface area contributed by atoms with Crippen LogP contribution in [0.15, 0.2) is 77.7 Å². The Labute approximate surface area is 192 Å². The lowest BCUT2D eigenvalue weighted by molar-refractivity contribution is -0.116. The highest BCUT2D eigenvalue weighted by Gasteiger charge is 2.27. The first-order valence-electron chi connectivity index (χ1n) is 9.65. The molecule has 9 heteroatoms. The number of nitrogens with one attached hydrogen (secondary N) is 1. The second-order valence-electron chi connectivity index (χ2n) is 6.83. The van der Waals surface area contributed by atoms with Crippen LogP contribution in [0.5, 0.6) is 11.5 Å². The summed E-state index contributed by atoms with van der Waals surface area (Å²) in [7, 11) is -0.974. The summed E-state index contributed by atoms with van der Waals surface area (Å²) in [4.78, 5) is 12.9. The molecular formula is C23H23ClN2O5S. The van der Waals surface area contributed by atoms with Gasteiger partial charge in [0.05, 0.1) is 31.3 Å². The van der Waals surface area contributed by atoms with E-state index in [1.807, 2.05) is 18.2 Å². The van der Waals surface area contributed by atoms with E-state index in [0.717, 1.165) is 9.87 Å². The molecule has 7 nitrogen and oxygen atoms in total. The zero-order valence-corrected chi connectivity index (χ0v) is 19.2. The smallest absolute Gasteiger partial charge is 0.243 e. The van der Waals surface area contributed by atoms with Crippen molar-refractivity contribution in [2.45, 2.75) is 11.4 Å². The molecule has 0 aliphatic carbocycles. The Morgan fingerprint density at radius 1 is 0.969 bits per heavy atom. The molecule has 3 rings (SSSR count). The second-order valence-corrected chi connectivity index (χ2v) is 9.20. The van der Waals surface area contributed by atoms with E-state index in [9.17, 15) is 13.2 Å². The fourth-order valence-electron chi connectivity index (χ4n) is 3.02. The first-order chi connectivity index (χ1) is 15.3. The zero-order chi connectivity index (χ0) is 23.1. The Balaban J connectivity index is 1.87. The minimum atomic E-state index is -3.97. The average molecular weight is 475 g/mol. The van der Waals surface area contributed by atoms with Crippen molar-refractivity contribution < 1.29 is 22.7 Å². The highest BCUT2D eigenvalue weighted by molar-refractivity contribution is 7.89. The number of carbonyl (C=O) groups excluding carboxylic acids is 1. The summed E-state index contributed by atoms with van der Waals surface area (Å²) in [5.74, 6) is 0.450. The minimum absolute atomic E-state index is 0.0268. The fraction of sp³-hybridized carbons (Fsp3) is 0.174. The number of sulfonamides is 1. The molecule has 0 fully saturated rings. The molecule has 1 N–H and O–H groups in total. The molecule has 3 aromatic rings. The van der Waals surface area contributed by atoms with E-state index in [-0.39, 0.29) is 11.4 Å². The van der Waals surface area contributed by atoms with E-state index in [2.05, 4.69) is 5.32 Å². The molecule has 3 aromatic carbocycles. The molecule has 0 heterocycles. The second kappa shape index (κ2) is 10.5. The van der Waals surface area contributed by atoms with Crippen LogP contribution in [0.4, 0.5) is 5.69 Å². The van der Waals surface area contributed by atoms with Gasteiger partial charge in [0.2, 0.25) is 15.9 Å². The van der Waals surface area contributed by atoms with Crippen molar-refractivity contribution in [2.24, 2.45) is 0 Å². The first-order valence-corrected chi connectivity index (χ1v) is 11.5. The zero-order valence-electron chi connectivity index (χ0n) is 17.6. The van der Waals surface area contributed by atoms with Gasteiger partial charge in [-0.1, -0.05) is 41.9 Å². The van der Waals surface area contributed by atoms with Crippen molar-refractivity contribution in [3.8, 4) is 11.5 Å².